The molecule has 94 valence electrons. The summed E-state index contributed by atoms with van der Waals surface area (Å²) in [5.74, 6) is 1.98. The molecule has 0 aliphatic heterocycles. The molecule has 2 N–H and O–H groups in total. The number of aromatic nitrogens is 2. The Morgan fingerprint density at radius 1 is 1.41 bits per heavy atom. The van der Waals surface area contributed by atoms with E-state index in [1.165, 1.54) is 32.0 Å². The van der Waals surface area contributed by atoms with Gasteiger partial charge in [0, 0.05) is 13.6 Å². The van der Waals surface area contributed by atoms with E-state index in [0.29, 0.717) is 11.6 Å². The van der Waals surface area contributed by atoms with Gasteiger partial charge in [-0.3, -0.25) is 0 Å². The second-order valence-corrected chi connectivity index (χ2v) is 4.65. The molecule has 1 aromatic rings. The molecule has 0 spiro atoms. The third-order valence-electron chi connectivity index (χ3n) is 3.39. The molecule has 0 bridgehead atoms. The van der Waals surface area contributed by atoms with Crippen molar-refractivity contribution in [1.82, 2.24) is 9.97 Å². The Morgan fingerprint density at radius 3 is 2.76 bits per heavy atom. The van der Waals surface area contributed by atoms with Crippen molar-refractivity contribution in [2.75, 3.05) is 31.3 Å². The number of hydrogen-bond acceptors (Lipinski definition) is 5. The molecule has 0 radical (unpaired) electrons. The molecule has 0 aromatic carbocycles. The average Bonchev–Trinajstić information content (AvgIpc) is 2.82. The molecule has 1 heterocycles. The fraction of sp³-hybridized carbons (Fsp3) is 0.667. The van der Waals surface area contributed by atoms with Crippen molar-refractivity contribution >= 4 is 11.5 Å². The van der Waals surface area contributed by atoms with Gasteiger partial charge in [0.25, 0.3) is 0 Å². The van der Waals surface area contributed by atoms with Gasteiger partial charge in [-0.15, -0.1) is 0 Å². The van der Waals surface area contributed by atoms with Crippen LogP contribution < -0.4 is 15.4 Å². The fourth-order valence-corrected chi connectivity index (χ4v) is 2.50. The van der Waals surface area contributed by atoms with E-state index < -0.39 is 0 Å². The Kier molecular flexibility index (Phi) is 3.66. The van der Waals surface area contributed by atoms with Gasteiger partial charge in [-0.25, -0.2) is 4.98 Å². The SMILES string of the molecule is COc1ncnc(N(C)CC2CCCC2)c1N. The summed E-state index contributed by atoms with van der Waals surface area (Å²) in [6, 6.07) is 0. The van der Waals surface area contributed by atoms with Crippen LogP contribution in [0.25, 0.3) is 0 Å². The van der Waals surface area contributed by atoms with E-state index in [4.69, 9.17) is 10.5 Å². The second kappa shape index (κ2) is 5.21. The third-order valence-corrected chi connectivity index (χ3v) is 3.39. The third kappa shape index (κ3) is 2.60. The molecule has 0 saturated heterocycles. The van der Waals surface area contributed by atoms with E-state index in [2.05, 4.69) is 14.9 Å². The molecule has 1 aromatic heterocycles. The number of nitrogen functional groups attached to an aromatic ring is 1. The van der Waals surface area contributed by atoms with Gasteiger partial charge in [0.2, 0.25) is 5.88 Å². The maximum atomic E-state index is 5.98. The molecule has 1 aliphatic rings. The summed E-state index contributed by atoms with van der Waals surface area (Å²) in [5, 5.41) is 0. The molecule has 0 atom stereocenters. The molecular formula is C12H20N4O. The lowest BCUT2D eigenvalue weighted by Crippen LogP contribution is -2.26. The molecule has 1 saturated carbocycles. The summed E-state index contributed by atoms with van der Waals surface area (Å²) in [6.45, 7) is 1.00. The van der Waals surface area contributed by atoms with Crippen molar-refractivity contribution < 1.29 is 4.74 Å². The highest BCUT2D eigenvalue weighted by atomic mass is 16.5. The Labute approximate surface area is 102 Å². The smallest absolute Gasteiger partial charge is 0.242 e. The maximum absolute atomic E-state index is 5.98. The first-order valence-corrected chi connectivity index (χ1v) is 6.08. The fourth-order valence-electron chi connectivity index (χ4n) is 2.50. The van der Waals surface area contributed by atoms with Crippen molar-refractivity contribution in [3.05, 3.63) is 6.33 Å². The lowest BCUT2D eigenvalue weighted by Gasteiger charge is -2.23. The van der Waals surface area contributed by atoms with Crippen LogP contribution in [0.1, 0.15) is 25.7 Å². The largest absolute Gasteiger partial charge is 0.479 e. The monoisotopic (exact) mass is 236 g/mol. The predicted molar refractivity (Wildman–Crippen MR) is 68.2 cm³/mol. The first-order valence-electron chi connectivity index (χ1n) is 6.08. The van der Waals surface area contributed by atoms with Crippen molar-refractivity contribution in [2.45, 2.75) is 25.7 Å². The highest BCUT2D eigenvalue weighted by molar-refractivity contribution is 5.67. The summed E-state index contributed by atoms with van der Waals surface area (Å²) in [5.41, 5.74) is 6.50. The topological polar surface area (TPSA) is 64.3 Å². The highest BCUT2D eigenvalue weighted by Crippen LogP contribution is 2.30. The Hall–Kier alpha value is -1.52. The van der Waals surface area contributed by atoms with Gasteiger partial charge >= 0.3 is 0 Å². The summed E-state index contributed by atoms with van der Waals surface area (Å²) in [4.78, 5) is 10.3. The minimum Gasteiger partial charge on any atom is -0.479 e. The lowest BCUT2D eigenvalue weighted by molar-refractivity contribution is 0.399. The van der Waals surface area contributed by atoms with E-state index in [0.717, 1.165) is 18.3 Å². The normalized spacial score (nSPS) is 16.1. The van der Waals surface area contributed by atoms with Gasteiger partial charge in [-0.05, 0) is 18.8 Å². The first-order chi connectivity index (χ1) is 8.22. The van der Waals surface area contributed by atoms with Crippen molar-refractivity contribution in [2.24, 2.45) is 5.92 Å². The molecule has 2 rings (SSSR count). The summed E-state index contributed by atoms with van der Waals surface area (Å²) >= 11 is 0. The van der Waals surface area contributed by atoms with Gasteiger partial charge in [-0.1, -0.05) is 12.8 Å². The minimum atomic E-state index is 0.452. The van der Waals surface area contributed by atoms with Crippen LogP contribution in [0.4, 0.5) is 11.5 Å². The number of hydrogen-bond donors (Lipinski definition) is 1. The van der Waals surface area contributed by atoms with Gasteiger partial charge in [-0.2, -0.15) is 4.98 Å². The van der Waals surface area contributed by atoms with E-state index in [1.54, 1.807) is 7.11 Å². The number of methoxy groups -OCH3 is 1. The lowest BCUT2D eigenvalue weighted by atomic mass is 10.1. The van der Waals surface area contributed by atoms with E-state index in [9.17, 15) is 0 Å². The standard InChI is InChI=1S/C12H20N4O/c1-16(7-9-5-3-4-6-9)11-10(13)12(17-2)15-8-14-11/h8-9H,3-7,13H2,1-2H3. The number of ether oxygens (including phenoxy) is 1. The maximum Gasteiger partial charge on any atom is 0.242 e. The van der Waals surface area contributed by atoms with Gasteiger partial charge < -0.3 is 15.4 Å². The number of nitrogens with zero attached hydrogens (tertiary/aromatic N) is 3. The number of anilines is 2. The number of nitrogens with two attached hydrogens (primary N) is 1. The van der Waals surface area contributed by atoms with Crippen LogP contribution in [0.2, 0.25) is 0 Å². The van der Waals surface area contributed by atoms with Gasteiger partial charge in [0.15, 0.2) is 5.82 Å². The van der Waals surface area contributed by atoms with Crippen LogP contribution in [0.5, 0.6) is 5.88 Å². The van der Waals surface area contributed by atoms with Crippen LogP contribution in [0, 0.1) is 5.92 Å². The van der Waals surface area contributed by atoms with Crippen molar-refractivity contribution in [1.29, 1.82) is 0 Å². The van der Waals surface area contributed by atoms with Crippen LogP contribution in [0.15, 0.2) is 6.33 Å². The summed E-state index contributed by atoms with van der Waals surface area (Å²) in [7, 11) is 3.59. The summed E-state index contributed by atoms with van der Waals surface area (Å²) < 4.78 is 5.10. The second-order valence-electron chi connectivity index (χ2n) is 4.65. The van der Waals surface area contributed by atoms with Crippen LogP contribution in [-0.4, -0.2) is 30.7 Å². The van der Waals surface area contributed by atoms with Crippen LogP contribution >= 0.6 is 0 Å². The molecular weight excluding hydrogens is 216 g/mol. The minimum absolute atomic E-state index is 0.452. The van der Waals surface area contributed by atoms with Gasteiger partial charge in [0.1, 0.15) is 12.0 Å². The Bertz CT molecular complexity index is 377. The van der Waals surface area contributed by atoms with E-state index in [-0.39, 0.29) is 0 Å². The van der Waals surface area contributed by atoms with Crippen molar-refractivity contribution in [3.63, 3.8) is 0 Å². The Morgan fingerprint density at radius 2 is 2.12 bits per heavy atom. The zero-order valence-electron chi connectivity index (χ0n) is 10.5. The van der Waals surface area contributed by atoms with Crippen LogP contribution in [0.3, 0.4) is 0 Å². The van der Waals surface area contributed by atoms with E-state index in [1.807, 2.05) is 7.05 Å². The molecule has 17 heavy (non-hydrogen) atoms. The predicted octanol–water partition coefficient (Wildman–Crippen LogP) is 1.69. The zero-order chi connectivity index (χ0) is 12.3. The van der Waals surface area contributed by atoms with Crippen LogP contribution in [-0.2, 0) is 0 Å². The zero-order valence-corrected chi connectivity index (χ0v) is 10.5. The quantitative estimate of drug-likeness (QED) is 0.862. The number of rotatable bonds is 4. The Balaban J connectivity index is 2.09. The molecule has 5 heteroatoms. The molecule has 0 unspecified atom stereocenters. The van der Waals surface area contributed by atoms with E-state index >= 15 is 0 Å². The highest BCUT2D eigenvalue weighted by Gasteiger charge is 2.19. The molecule has 1 fully saturated rings. The van der Waals surface area contributed by atoms with Gasteiger partial charge in [0.05, 0.1) is 7.11 Å². The molecule has 5 nitrogen and oxygen atoms in total. The van der Waals surface area contributed by atoms with Crippen molar-refractivity contribution in [3.8, 4) is 5.88 Å². The summed E-state index contributed by atoms with van der Waals surface area (Å²) in [6.07, 6.45) is 6.82. The molecule has 1 aliphatic carbocycles. The molecule has 0 amide bonds. The first kappa shape index (κ1) is 12.0. The average molecular weight is 236 g/mol.